The molecule has 1 N–H and O–H groups in total. The van der Waals surface area contributed by atoms with Gasteiger partial charge in [-0.1, -0.05) is 54.6 Å². The van der Waals surface area contributed by atoms with E-state index in [0.717, 1.165) is 40.0 Å². The van der Waals surface area contributed by atoms with Crippen LogP contribution in [0.15, 0.2) is 79.4 Å². The Morgan fingerprint density at radius 2 is 1.85 bits per heavy atom. The Hall–Kier alpha value is -4.26. The fourth-order valence-corrected chi connectivity index (χ4v) is 4.09. The van der Waals surface area contributed by atoms with Gasteiger partial charge >= 0.3 is 0 Å². The largest absolute Gasteiger partial charge is 0.348 e. The van der Waals surface area contributed by atoms with Gasteiger partial charge in [-0.15, -0.1) is 0 Å². The number of carbonyl (C=O) groups excluding carboxylic acids is 1. The van der Waals surface area contributed by atoms with Crippen molar-refractivity contribution >= 4 is 16.9 Å². The fourth-order valence-electron chi connectivity index (χ4n) is 4.09. The average molecular weight is 437 g/mol. The van der Waals surface area contributed by atoms with Crippen LogP contribution in [-0.4, -0.2) is 30.2 Å². The van der Waals surface area contributed by atoms with E-state index in [9.17, 15) is 4.79 Å². The topological polar surface area (TPSA) is 77.6 Å². The van der Waals surface area contributed by atoms with E-state index < -0.39 is 0 Å². The molecule has 2 aromatic carbocycles. The SMILES string of the molecule is Cc1nn(C)c2nc(-c3ccccc3)cc(C(=O)NCc3cccc(Cn4ccnc4)c3)c12. The summed E-state index contributed by atoms with van der Waals surface area (Å²) >= 11 is 0. The summed E-state index contributed by atoms with van der Waals surface area (Å²) < 4.78 is 3.75. The van der Waals surface area contributed by atoms with E-state index in [1.54, 1.807) is 17.2 Å². The van der Waals surface area contributed by atoms with Gasteiger partial charge < -0.3 is 9.88 Å². The monoisotopic (exact) mass is 436 g/mol. The van der Waals surface area contributed by atoms with Crippen molar-refractivity contribution in [2.45, 2.75) is 20.0 Å². The van der Waals surface area contributed by atoms with Gasteiger partial charge in [0, 0.05) is 38.1 Å². The summed E-state index contributed by atoms with van der Waals surface area (Å²) in [5.74, 6) is -0.143. The van der Waals surface area contributed by atoms with E-state index in [0.29, 0.717) is 17.8 Å². The minimum absolute atomic E-state index is 0.143. The van der Waals surface area contributed by atoms with Crippen LogP contribution in [0.5, 0.6) is 0 Å². The molecule has 0 radical (unpaired) electrons. The third-order valence-corrected chi connectivity index (χ3v) is 5.65. The van der Waals surface area contributed by atoms with Gasteiger partial charge in [0.2, 0.25) is 0 Å². The predicted octanol–water partition coefficient (Wildman–Crippen LogP) is 4.12. The number of hydrogen-bond donors (Lipinski definition) is 1. The van der Waals surface area contributed by atoms with Crippen LogP contribution >= 0.6 is 0 Å². The smallest absolute Gasteiger partial charge is 0.252 e. The molecule has 3 aromatic heterocycles. The molecular weight excluding hydrogens is 412 g/mol. The summed E-state index contributed by atoms with van der Waals surface area (Å²) in [5, 5.41) is 8.37. The third kappa shape index (κ3) is 4.25. The Morgan fingerprint density at radius 3 is 2.64 bits per heavy atom. The highest BCUT2D eigenvalue weighted by Crippen LogP contribution is 2.26. The maximum Gasteiger partial charge on any atom is 0.252 e. The van der Waals surface area contributed by atoms with E-state index in [1.165, 1.54) is 0 Å². The van der Waals surface area contributed by atoms with E-state index >= 15 is 0 Å². The van der Waals surface area contributed by atoms with Crippen LogP contribution < -0.4 is 5.32 Å². The Kier molecular flexibility index (Phi) is 5.44. The Labute approximate surface area is 191 Å². The van der Waals surface area contributed by atoms with Gasteiger partial charge in [0.05, 0.1) is 28.7 Å². The van der Waals surface area contributed by atoms with E-state index in [2.05, 4.69) is 27.5 Å². The highest BCUT2D eigenvalue weighted by atomic mass is 16.1. The molecule has 0 aliphatic carbocycles. The van der Waals surface area contributed by atoms with Crippen LogP contribution in [0.2, 0.25) is 0 Å². The molecule has 0 saturated heterocycles. The molecule has 0 fully saturated rings. The van der Waals surface area contributed by atoms with Gasteiger partial charge in [-0.25, -0.2) is 9.97 Å². The van der Waals surface area contributed by atoms with Crippen LogP contribution in [0.1, 0.15) is 27.2 Å². The number of amides is 1. The number of pyridine rings is 1. The molecule has 1 amide bonds. The minimum atomic E-state index is -0.143. The minimum Gasteiger partial charge on any atom is -0.348 e. The summed E-state index contributed by atoms with van der Waals surface area (Å²) in [6.45, 7) is 3.07. The number of fused-ring (bicyclic) bond motifs is 1. The van der Waals surface area contributed by atoms with Crippen LogP contribution in [-0.2, 0) is 20.1 Å². The second-order valence-corrected chi connectivity index (χ2v) is 8.07. The van der Waals surface area contributed by atoms with Crippen LogP contribution in [0.3, 0.4) is 0 Å². The van der Waals surface area contributed by atoms with Crippen molar-refractivity contribution in [2.24, 2.45) is 7.05 Å². The standard InChI is InChI=1S/C26H24N6O/c1-18-24-22(14-23(21-9-4-3-5-10-21)29-25(24)31(2)30-18)26(33)28-15-19-7-6-8-20(13-19)16-32-12-11-27-17-32/h3-14,17H,15-16H2,1-2H3,(H,28,33). The Morgan fingerprint density at radius 1 is 1.03 bits per heavy atom. The van der Waals surface area contributed by atoms with E-state index in [4.69, 9.17) is 4.98 Å². The lowest BCUT2D eigenvalue weighted by Crippen LogP contribution is -2.23. The van der Waals surface area contributed by atoms with Gasteiger partial charge in [-0.3, -0.25) is 9.48 Å². The quantitative estimate of drug-likeness (QED) is 0.434. The number of rotatable bonds is 6. The summed E-state index contributed by atoms with van der Waals surface area (Å²) in [7, 11) is 1.85. The lowest BCUT2D eigenvalue weighted by molar-refractivity contribution is 0.0952. The number of carbonyl (C=O) groups is 1. The molecule has 164 valence electrons. The average Bonchev–Trinajstić information content (AvgIpc) is 3.45. The maximum absolute atomic E-state index is 13.3. The molecule has 7 heteroatoms. The molecule has 3 heterocycles. The predicted molar refractivity (Wildman–Crippen MR) is 128 cm³/mol. The van der Waals surface area contributed by atoms with Crippen molar-refractivity contribution in [3.63, 3.8) is 0 Å². The first-order valence-electron chi connectivity index (χ1n) is 10.8. The molecule has 0 aliphatic rings. The Bertz CT molecular complexity index is 1420. The van der Waals surface area contributed by atoms with Gasteiger partial charge in [0.25, 0.3) is 5.91 Å². The summed E-state index contributed by atoms with van der Waals surface area (Å²) in [4.78, 5) is 22.2. The van der Waals surface area contributed by atoms with Crippen molar-refractivity contribution in [1.29, 1.82) is 0 Å². The van der Waals surface area contributed by atoms with Crippen molar-refractivity contribution in [3.8, 4) is 11.3 Å². The first-order chi connectivity index (χ1) is 16.1. The summed E-state index contributed by atoms with van der Waals surface area (Å²) in [5.41, 5.74) is 5.96. The molecule has 0 spiro atoms. The van der Waals surface area contributed by atoms with Gasteiger partial charge in [0.15, 0.2) is 5.65 Å². The lowest BCUT2D eigenvalue weighted by atomic mass is 10.0. The third-order valence-electron chi connectivity index (χ3n) is 5.65. The van der Waals surface area contributed by atoms with Crippen molar-refractivity contribution in [3.05, 3.63) is 102 Å². The molecule has 5 rings (SSSR count). The molecule has 0 saturated carbocycles. The Balaban J connectivity index is 1.43. The fraction of sp³-hybridized carbons (Fsp3) is 0.154. The number of imidazole rings is 1. The molecule has 0 bridgehead atoms. The van der Waals surface area contributed by atoms with Gasteiger partial charge in [-0.2, -0.15) is 5.10 Å². The van der Waals surface area contributed by atoms with Crippen molar-refractivity contribution < 1.29 is 4.79 Å². The van der Waals surface area contributed by atoms with Crippen molar-refractivity contribution in [2.75, 3.05) is 0 Å². The van der Waals surface area contributed by atoms with Crippen LogP contribution in [0.25, 0.3) is 22.3 Å². The molecule has 0 unspecified atom stereocenters. The first-order valence-corrected chi connectivity index (χ1v) is 10.8. The number of aryl methyl sites for hydroxylation is 2. The molecule has 7 nitrogen and oxygen atoms in total. The lowest BCUT2D eigenvalue weighted by Gasteiger charge is -2.11. The van der Waals surface area contributed by atoms with Crippen molar-refractivity contribution in [1.82, 2.24) is 29.6 Å². The number of hydrogen-bond acceptors (Lipinski definition) is 4. The number of benzene rings is 2. The number of aromatic nitrogens is 5. The first kappa shape index (κ1) is 20.6. The van der Waals surface area contributed by atoms with Crippen LogP contribution in [0, 0.1) is 6.92 Å². The van der Waals surface area contributed by atoms with Gasteiger partial charge in [0.1, 0.15) is 0 Å². The highest BCUT2D eigenvalue weighted by molar-refractivity contribution is 6.07. The zero-order valence-electron chi connectivity index (χ0n) is 18.6. The molecule has 0 atom stereocenters. The molecule has 33 heavy (non-hydrogen) atoms. The van der Waals surface area contributed by atoms with E-state index in [-0.39, 0.29) is 5.91 Å². The maximum atomic E-state index is 13.3. The van der Waals surface area contributed by atoms with Gasteiger partial charge in [-0.05, 0) is 24.1 Å². The molecular formula is C26H24N6O. The van der Waals surface area contributed by atoms with Crippen LogP contribution in [0.4, 0.5) is 0 Å². The summed E-state index contributed by atoms with van der Waals surface area (Å²) in [6.07, 6.45) is 5.50. The highest BCUT2D eigenvalue weighted by Gasteiger charge is 2.19. The van der Waals surface area contributed by atoms with E-state index in [1.807, 2.05) is 73.3 Å². The second-order valence-electron chi connectivity index (χ2n) is 8.07. The number of nitrogens with zero attached hydrogens (tertiary/aromatic N) is 5. The zero-order chi connectivity index (χ0) is 22.8. The number of nitrogens with one attached hydrogen (secondary N) is 1. The second kappa shape index (κ2) is 8.70. The summed E-state index contributed by atoms with van der Waals surface area (Å²) in [6, 6.07) is 19.9. The molecule has 5 aromatic rings. The normalized spacial score (nSPS) is 11.1. The zero-order valence-corrected chi connectivity index (χ0v) is 18.6. The molecule has 0 aliphatic heterocycles.